The summed E-state index contributed by atoms with van der Waals surface area (Å²) < 4.78 is 0. The van der Waals surface area contributed by atoms with Crippen LogP contribution in [0.25, 0.3) is 0 Å². The number of rotatable bonds is 4. The second-order valence-electron chi connectivity index (χ2n) is 5.68. The molecule has 1 fully saturated rings. The molecule has 2 rings (SSSR count). The van der Waals surface area contributed by atoms with Crippen LogP contribution < -0.4 is 5.32 Å². The zero-order chi connectivity index (χ0) is 16.7. The molecule has 122 valence electrons. The number of nitrogens with one attached hydrogen (secondary N) is 1. The van der Waals surface area contributed by atoms with Gasteiger partial charge in [-0.2, -0.15) is 5.26 Å². The highest BCUT2D eigenvalue weighted by Gasteiger charge is 2.25. The van der Waals surface area contributed by atoms with Crippen molar-refractivity contribution >= 4 is 29.1 Å². The number of carbonyl (C=O) groups is 2. The third-order valence-corrected chi connectivity index (χ3v) is 4.17. The third kappa shape index (κ3) is 5.26. The lowest BCUT2D eigenvalue weighted by molar-refractivity contribution is -0.134. The number of anilines is 1. The van der Waals surface area contributed by atoms with E-state index in [0.717, 1.165) is 38.8 Å². The average molecular weight is 334 g/mol. The topological polar surface area (TPSA) is 73.2 Å². The van der Waals surface area contributed by atoms with Crippen molar-refractivity contribution in [3.05, 3.63) is 29.3 Å². The molecule has 5 nitrogen and oxygen atoms in total. The van der Waals surface area contributed by atoms with Gasteiger partial charge in [-0.25, -0.2) is 0 Å². The molecular weight excluding hydrogens is 314 g/mol. The number of hydrogen-bond donors (Lipinski definition) is 1. The maximum atomic E-state index is 12.3. The van der Waals surface area contributed by atoms with Gasteiger partial charge >= 0.3 is 0 Å². The fourth-order valence-electron chi connectivity index (χ4n) is 2.58. The van der Waals surface area contributed by atoms with Crippen LogP contribution in [-0.2, 0) is 9.59 Å². The van der Waals surface area contributed by atoms with Crippen molar-refractivity contribution < 1.29 is 9.59 Å². The van der Waals surface area contributed by atoms with E-state index in [4.69, 9.17) is 11.6 Å². The Labute approximate surface area is 141 Å². The van der Waals surface area contributed by atoms with E-state index in [1.165, 1.54) is 0 Å². The molecule has 2 amide bonds. The minimum Gasteiger partial charge on any atom is -0.343 e. The number of carbonyl (C=O) groups excluding carboxylic acids is 2. The number of amides is 2. The van der Waals surface area contributed by atoms with Gasteiger partial charge in [-0.1, -0.05) is 24.4 Å². The van der Waals surface area contributed by atoms with E-state index in [2.05, 4.69) is 5.32 Å². The number of halogens is 1. The zero-order valence-electron chi connectivity index (χ0n) is 12.9. The first-order chi connectivity index (χ1) is 11.1. The molecule has 1 N–H and O–H groups in total. The van der Waals surface area contributed by atoms with Crippen LogP contribution in [0.3, 0.4) is 0 Å². The fraction of sp³-hybridized carbons (Fsp3) is 0.471. The second-order valence-corrected chi connectivity index (χ2v) is 6.11. The van der Waals surface area contributed by atoms with Gasteiger partial charge in [0.05, 0.1) is 12.5 Å². The molecule has 1 aromatic rings. The summed E-state index contributed by atoms with van der Waals surface area (Å²) in [6, 6.07) is 8.56. The fourth-order valence-corrected chi connectivity index (χ4v) is 2.71. The molecule has 0 aliphatic carbocycles. The Kier molecular flexibility index (Phi) is 6.42. The van der Waals surface area contributed by atoms with Crippen molar-refractivity contribution in [2.24, 2.45) is 5.92 Å². The minimum absolute atomic E-state index is 0.0735. The molecule has 1 saturated heterocycles. The Morgan fingerprint density at radius 2 is 1.78 bits per heavy atom. The smallest absolute Gasteiger partial charge is 0.242 e. The first-order valence-electron chi connectivity index (χ1n) is 7.84. The molecule has 6 heteroatoms. The van der Waals surface area contributed by atoms with Gasteiger partial charge in [0.2, 0.25) is 11.8 Å². The van der Waals surface area contributed by atoms with Crippen LogP contribution >= 0.6 is 11.6 Å². The Hall–Kier alpha value is -2.06. The van der Waals surface area contributed by atoms with Crippen molar-refractivity contribution in [3.63, 3.8) is 0 Å². The SMILES string of the molecule is N#C[C@@H](CC(=O)N1CCCCCC1)C(=O)Nc1ccc(Cl)cc1. The van der Waals surface area contributed by atoms with Gasteiger partial charge < -0.3 is 10.2 Å². The van der Waals surface area contributed by atoms with Crippen molar-refractivity contribution in [1.82, 2.24) is 4.90 Å². The van der Waals surface area contributed by atoms with Crippen LogP contribution in [0, 0.1) is 17.2 Å². The summed E-state index contributed by atoms with van der Waals surface area (Å²) in [7, 11) is 0. The Bertz CT molecular complexity index is 587. The lowest BCUT2D eigenvalue weighted by atomic mass is 10.1. The van der Waals surface area contributed by atoms with E-state index in [0.29, 0.717) is 10.7 Å². The molecule has 1 aliphatic rings. The van der Waals surface area contributed by atoms with Gasteiger partial charge in [0.25, 0.3) is 0 Å². The lowest BCUT2D eigenvalue weighted by Gasteiger charge is -2.21. The summed E-state index contributed by atoms with van der Waals surface area (Å²) in [5, 5.41) is 12.4. The molecule has 0 unspecified atom stereocenters. The maximum Gasteiger partial charge on any atom is 0.242 e. The van der Waals surface area contributed by atoms with Crippen LogP contribution in [0.4, 0.5) is 5.69 Å². The second kappa shape index (κ2) is 8.54. The molecule has 0 bridgehead atoms. The number of hydrogen-bond acceptors (Lipinski definition) is 3. The normalized spacial score (nSPS) is 16.1. The van der Waals surface area contributed by atoms with Crippen molar-refractivity contribution in [2.45, 2.75) is 32.1 Å². The summed E-state index contributed by atoms with van der Waals surface area (Å²) in [5.41, 5.74) is 0.557. The van der Waals surface area contributed by atoms with Gasteiger partial charge in [0.1, 0.15) is 5.92 Å². The predicted molar refractivity (Wildman–Crippen MR) is 88.8 cm³/mol. The molecule has 1 heterocycles. The summed E-state index contributed by atoms with van der Waals surface area (Å²) in [5.74, 6) is -1.57. The minimum atomic E-state index is -0.985. The van der Waals surface area contributed by atoms with Crippen molar-refractivity contribution in [1.29, 1.82) is 5.26 Å². The molecular formula is C17H20ClN3O2. The molecule has 1 atom stereocenters. The van der Waals surface area contributed by atoms with E-state index in [1.54, 1.807) is 29.2 Å². The first kappa shape index (κ1) is 17.3. The van der Waals surface area contributed by atoms with Gasteiger partial charge in [0, 0.05) is 23.8 Å². The molecule has 0 saturated carbocycles. The van der Waals surface area contributed by atoms with Gasteiger partial charge in [-0.3, -0.25) is 9.59 Å². The van der Waals surface area contributed by atoms with E-state index >= 15 is 0 Å². The molecule has 1 aliphatic heterocycles. The predicted octanol–water partition coefficient (Wildman–Crippen LogP) is 3.21. The molecule has 0 spiro atoms. The largest absolute Gasteiger partial charge is 0.343 e. The van der Waals surface area contributed by atoms with Crippen LogP contribution in [0.1, 0.15) is 32.1 Å². The number of nitriles is 1. The van der Waals surface area contributed by atoms with Gasteiger partial charge in [-0.05, 0) is 37.1 Å². The molecule has 0 aromatic heterocycles. The average Bonchev–Trinajstić information content (AvgIpc) is 2.83. The molecule has 0 radical (unpaired) electrons. The van der Waals surface area contributed by atoms with Crippen LogP contribution in [0.2, 0.25) is 5.02 Å². The standard InChI is InChI=1S/C17H20ClN3O2/c18-14-5-7-15(8-6-14)20-17(23)13(12-19)11-16(22)21-9-3-1-2-4-10-21/h5-8,13H,1-4,9-11H2,(H,20,23)/t13-/m1/s1. The quantitative estimate of drug-likeness (QED) is 0.919. The first-order valence-corrected chi connectivity index (χ1v) is 8.22. The monoisotopic (exact) mass is 333 g/mol. The molecule has 1 aromatic carbocycles. The molecule has 23 heavy (non-hydrogen) atoms. The number of benzene rings is 1. The van der Waals surface area contributed by atoms with Crippen LogP contribution in [0.15, 0.2) is 24.3 Å². The summed E-state index contributed by atoms with van der Waals surface area (Å²) in [4.78, 5) is 26.2. The van der Waals surface area contributed by atoms with E-state index < -0.39 is 11.8 Å². The van der Waals surface area contributed by atoms with E-state index in [1.807, 2.05) is 6.07 Å². The van der Waals surface area contributed by atoms with Gasteiger partial charge in [-0.15, -0.1) is 0 Å². The van der Waals surface area contributed by atoms with Crippen LogP contribution in [0.5, 0.6) is 0 Å². The summed E-state index contributed by atoms with van der Waals surface area (Å²) >= 11 is 5.79. The van der Waals surface area contributed by atoms with Crippen molar-refractivity contribution in [3.8, 4) is 6.07 Å². The maximum absolute atomic E-state index is 12.3. The van der Waals surface area contributed by atoms with Crippen molar-refractivity contribution in [2.75, 3.05) is 18.4 Å². The Morgan fingerprint density at radius 1 is 1.17 bits per heavy atom. The van der Waals surface area contributed by atoms with E-state index in [9.17, 15) is 14.9 Å². The lowest BCUT2D eigenvalue weighted by Crippen LogP contribution is -2.35. The Balaban J connectivity index is 1.93. The summed E-state index contributed by atoms with van der Waals surface area (Å²) in [6.07, 6.45) is 4.15. The number of nitrogens with zero attached hydrogens (tertiary/aromatic N) is 2. The Morgan fingerprint density at radius 3 is 2.35 bits per heavy atom. The third-order valence-electron chi connectivity index (χ3n) is 3.92. The summed E-state index contributed by atoms with van der Waals surface area (Å²) in [6.45, 7) is 1.44. The highest BCUT2D eigenvalue weighted by Crippen LogP contribution is 2.17. The highest BCUT2D eigenvalue weighted by molar-refractivity contribution is 6.30. The number of likely N-dealkylation sites (tertiary alicyclic amines) is 1. The van der Waals surface area contributed by atoms with Crippen LogP contribution in [-0.4, -0.2) is 29.8 Å². The van der Waals surface area contributed by atoms with E-state index in [-0.39, 0.29) is 12.3 Å². The zero-order valence-corrected chi connectivity index (χ0v) is 13.7. The van der Waals surface area contributed by atoms with Gasteiger partial charge in [0.15, 0.2) is 0 Å². The highest BCUT2D eigenvalue weighted by atomic mass is 35.5.